The van der Waals surface area contributed by atoms with Crippen molar-refractivity contribution in [1.82, 2.24) is 9.97 Å². The Bertz CT molecular complexity index is 350. The van der Waals surface area contributed by atoms with Gasteiger partial charge in [0, 0.05) is 12.1 Å². The number of nitrogens with zero attached hydrogens (tertiary/aromatic N) is 2. The fourth-order valence-corrected chi connectivity index (χ4v) is 2.84. The fraction of sp³-hybridized carbons (Fsp3) is 0.692. The Hall–Kier alpha value is -0.830. The van der Waals surface area contributed by atoms with E-state index in [4.69, 9.17) is 11.6 Å². The molecule has 1 saturated carbocycles. The molecule has 1 fully saturated rings. The molecule has 0 bridgehead atoms. The smallest absolute Gasteiger partial charge is 0.134 e. The lowest BCUT2D eigenvalue weighted by atomic mass is 9.83. The number of hydrogen-bond donors (Lipinski definition) is 1. The van der Waals surface area contributed by atoms with Crippen molar-refractivity contribution in [2.24, 2.45) is 5.92 Å². The summed E-state index contributed by atoms with van der Waals surface area (Å²) in [6.07, 6.45) is 9.45. The zero-order valence-electron chi connectivity index (χ0n) is 10.3. The lowest BCUT2D eigenvalue weighted by Gasteiger charge is -2.30. The van der Waals surface area contributed by atoms with Gasteiger partial charge in [-0.25, -0.2) is 9.97 Å². The largest absolute Gasteiger partial charge is 0.367 e. The summed E-state index contributed by atoms with van der Waals surface area (Å²) in [4.78, 5) is 8.12. The highest BCUT2D eigenvalue weighted by atomic mass is 35.5. The van der Waals surface area contributed by atoms with E-state index in [0.29, 0.717) is 11.2 Å². The molecular weight excluding hydrogens is 234 g/mol. The second-order valence-corrected chi connectivity index (χ2v) is 5.17. The van der Waals surface area contributed by atoms with Crippen molar-refractivity contribution in [3.8, 4) is 0 Å². The zero-order chi connectivity index (χ0) is 12.1. The summed E-state index contributed by atoms with van der Waals surface area (Å²) < 4.78 is 0. The lowest BCUT2D eigenvalue weighted by Crippen LogP contribution is -2.30. The number of rotatable bonds is 4. The molecule has 1 unspecified atom stereocenters. The summed E-state index contributed by atoms with van der Waals surface area (Å²) in [6, 6.07) is 2.31. The van der Waals surface area contributed by atoms with E-state index in [2.05, 4.69) is 22.2 Å². The van der Waals surface area contributed by atoms with E-state index in [9.17, 15) is 0 Å². The van der Waals surface area contributed by atoms with Gasteiger partial charge < -0.3 is 5.32 Å². The third kappa shape index (κ3) is 3.56. The molecular formula is C13H20ClN3. The fourth-order valence-electron chi connectivity index (χ4n) is 2.69. The van der Waals surface area contributed by atoms with Gasteiger partial charge in [0.15, 0.2) is 0 Å². The molecule has 1 heterocycles. The first-order valence-corrected chi connectivity index (χ1v) is 6.91. The molecule has 0 amide bonds. The Morgan fingerprint density at radius 3 is 2.76 bits per heavy atom. The van der Waals surface area contributed by atoms with Crippen LogP contribution in [0.3, 0.4) is 0 Å². The van der Waals surface area contributed by atoms with Crippen molar-refractivity contribution in [1.29, 1.82) is 0 Å². The van der Waals surface area contributed by atoms with Crippen molar-refractivity contribution < 1.29 is 0 Å². The molecule has 0 aliphatic heterocycles. The standard InChI is InChI=1S/C13H20ClN3/c1-2-11(10-6-4-3-5-7-10)17-13-8-12(14)15-9-16-13/h8-11H,2-7H2,1H3,(H,15,16,17). The van der Waals surface area contributed by atoms with Crippen LogP contribution in [0.25, 0.3) is 0 Å². The normalized spacial score (nSPS) is 18.9. The maximum Gasteiger partial charge on any atom is 0.134 e. The molecule has 0 saturated heterocycles. The number of anilines is 1. The molecule has 1 aliphatic carbocycles. The first kappa shape index (κ1) is 12.6. The van der Waals surface area contributed by atoms with E-state index in [-0.39, 0.29) is 0 Å². The van der Waals surface area contributed by atoms with Crippen LogP contribution in [-0.2, 0) is 0 Å². The minimum atomic E-state index is 0.501. The van der Waals surface area contributed by atoms with Gasteiger partial charge in [-0.15, -0.1) is 0 Å². The van der Waals surface area contributed by atoms with Gasteiger partial charge in [0.25, 0.3) is 0 Å². The number of aromatic nitrogens is 2. The van der Waals surface area contributed by atoms with E-state index >= 15 is 0 Å². The molecule has 0 aromatic carbocycles. The van der Waals surface area contributed by atoms with Crippen LogP contribution in [0.5, 0.6) is 0 Å². The van der Waals surface area contributed by atoms with E-state index in [1.54, 1.807) is 6.07 Å². The zero-order valence-corrected chi connectivity index (χ0v) is 11.1. The molecule has 1 N–H and O–H groups in total. The van der Waals surface area contributed by atoms with Crippen molar-refractivity contribution in [3.63, 3.8) is 0 Å². The van der Waals surface area contributed by atoms with Gasteiger partial charge in [0.1, 0.15) is 17.3 Å². The molecule has 0 radical (unpaired) electrons. The van der Waals surface area contributed by atoms with Crippen LogP contribution in [0.15, 0.2) is 12.4 Å². The highest BCUT2D eigenvalue weighted by Gasteiger charge is 2.22. The molecule has 94 valence electrons. The van der Waals surface area contributed by atoms with Crippen LogP contribution in [0.2, 0.25) is 5.15 Å². The maximum absolute atomic E-state index is 5.87. The van der Waals surface area contributed by atoms with Gasteiger partial charge >= 0.3 is 0 Å². The Morgan fingerprint density at radius 1 is 1.35 bits per heavy atom. The van der Waals surface area contributed by atoms with Gasteiger partial charge in [0.2, 0.25) is 0 Å². The van der Waals surface area contributed by atoms with Crippen LogP contribution in [0, 0.1) is 5.92 Å². The average Bonchev–Trinajstić information content (AvgIpc) is 2.37. The van der Waals surface area contributed by atoms with Gasteiger partial charge in [-0.05, 0) is 25.2 Å². The molecule has 0 spiro atoms. The third-order valence-corrected chi connectivity index (χ3v) is 3.83. The second kappa shape index (κ2) is 6.20. The number of hydrogen-bond acceptors (Lipinski definition) is 3. The Morgan fingerprint density at radius 2 is 2.12 bits per heavy atom. The number of nitrogens with one attached hydrogen (secondary N) is 1. The van der Waals surface area contributed by atoms with Crippen LogP contribution in [-0.4, -0.2) is 16.0 Å². The average molecular weight is 254 g/mol. The number of halogens is 1. The van der Waals surface area contributed by atoms with Crippen LogP contribution >= 0.6 is 11.6 Å². The van der Waals surface area contributed by atoms with E-state index in [1.165, 1.54) is 38.4 Å². The third-order valence-electron chi connectivity index (χ3n) is 3.63. The highest BCUT2D eigenvalue weighted by Crippen LogP contribution is 2.29. The molecule has 17 heavy (non-hydrogen) atoms. The predicted molar refractivity (Wildman–Crippen MR) is 71.3 cm³/mol. The Kier molecular flexibility index (Phi) is 4.60. The van der Waals surface area contributed by atoms with Crippen LogP contribution in [0.4, 0.5) is 5.82 Å². The monoisotopic (exact) mass is 253 g/mol. The predicted octanol–water partition coefficient (Wildman–Crippen LogP) is 3.90. The maximum atomic E-state index is 5.87. The summed E-state index contributed by atoms with van der Waals surface area (Å²) in [5.74, 6) is 1.63. The molecule has 1 aromatic rings. The quantitative estimate of drug-likeness (QED) is 0.827. The van der Waals surface area contributed by atoms with Crippen molar-refractivity contribution in [3.05, 3.63) is 17.5 Å². The molecule has 1 atom stereocenters. The van der Waals surface area contributed by atoms with Gasteiger partial charge in [-0.3, -0.25) is 0 Å². The minimum Gasteiger partial charge on any atom is -0.367 e. The summed E-state index contributed by atoms with van der Waals surface area (Å²) in [7, 11) is 0. The Labute approximate surface area is 108 Å². The van der Waals surface area contributed by atoms with Crippen LogP contribution < -0.4 is 5.32 Å². The van der Waals surface area contributed by atoms with E-state index in [0.717, 1.165) is 18.2 Å². The second-order valence-electron chi connectivity index (χ2n) is 4.78. The molecule has 4 heteroatoms. The summed E-state index contributed by atoms with van der Waals surface area (Å²) in [5.41, 5.74) is 0. The van der Waals surface area contributed by atoms with Gasteiger partial charge in [0.05, 0.1) is 0 Å². The van der Waals surface area contributed by atoms with Gasteiger partial charge in [-0.2, -0.15) is 0 Å². The molecule has 1 aliphatic rings. The Balaban J connectivity index is 1.98. The molecule has 2 rings (SSSR count). The van der Waals surface area contributed by atoms with Crippen molar-refractivity contribution in [2.45, 2.75) is 51.5 Å². The summed E-state index contributed by atoms with van der Waals surface area (Å²) in [6.45, 7) is 2.23. The SMILES string of the molecule is CCC(Nc1cc(Cl)ncn1)C1CCCCC1. The lowest BCUT2D eigenvalue weighted by molar-refractivity contribution is 0.312. The minimum absolute atomic E-state index is 0.501. The van der Waals surface area contributed by atoms with Crippen LogP contribution in [0.1, 0.15) is 45.4 Å². The van der Waals surface area contributed by atoms with E-state index in [1.807, 2.05) is 0 Å². The van der Waals surface area contributed by atoms with Gasteiger partial charge in [-0.1, -0.05) is 37.8 Å². The van der Waals surface area contributed by atoms with Crippen molar-refractivity contribution >= 4 is 17.4 Å². The first-order valence-electron chi connectivity index (χ1n) is 6.53. The van der Waals surface area contributed by atoms with Crippen molar-refractivity contribution in [2.75, 3.05) is 5.32 Å². The molecule has 1 aromatic heterocycles. The first-order chi connectivity index (χ1) is 8.29. The topological polar surface area (TPSA) is 37.8 Å². The van der Waals surface area contributed by atoms with E-state index < -0.39 is 0 Å². The summed E-state index contributed by atoms with van der Waals surface area (Å²) in [5, 5.41) is 4.00. The highest BCUT2D eigenvalue weighted by molar-refractivity contribution is 6.29. The molecule has 3 nitrogen and oxygen atoms in total. The summed E-state index contributed by atoms with van der Waals surface area (Å²) >= 11 is 5.87.